The molecule has 0 spiro atoms. The Bertz CT molecular complexity index is 420. The van der Waals surface area contributed by atoms with Gasteiger partial charge in [-0.15, -0.1) is 0 Å². The summed E-state index contributed by atoms with van der Waals surface area (Å²) in [5, 5.41) is 3.17. The Labute approximate surface area is 123 Å². The monoisotopic (exact) mass is 300 g/mol. The molecule has 0 aliphatic carbocycles. The van der Waals surface area contributed by atoms with Gasteiger partial charge in [-0.05, 0) is 29.9 Å². The maximum absolute atomic E-state index is 14.2. The highest BCUT2D eigenvalue weighted by Crippen LogP contribution is 2.27. The number of nitrogens with zero attached hydrogens (tertiary/aromatic N) is 1. The van der Waals surface area contributed by atoms with Gasteiger partial charge in [0.2, 0.25) is 0 Å². The van der Waals surface area contributed by atoms with Crippen LogP contribution in [0, 0.1) is 11.6 Å². The van der Waals surface area contributed by atoms with Crippen molar-refractivity contribution in [1.29, 1.82) is 0 Å². The molecule has 1 aromatic rings. The molecule has 112 valence electrons. The van der Waals surface area contributed by atoms with Crippen LogP contribution in [0.5, 0.6) is 0 Å². The molecular weight excluding hydrogens is 278 g/mol. The summed E-state index contributed by atoms with van der Waals surface area (Å²) in [6.45, 7) is 5.94. The molecular formula is C15H22F2N2S. The minimum Gasteiger partial charge on any atom is -0.366 e. The Kier molecular flexibility index (Phi) is 5.66. The summed E-state index contributed by atoms with van der Waals surface area (Å²) >= 11 is 1.84. The van der Waals surface area contributed by atoms with Gasteiger partial charge in [0.25, 0.3) is 0 Å². The van der Waals surface area contributed by atoms with E-state index in [1.54, 1.807) is 0 Å². The van der Waals surface area contributed by atoms with Crippen LogP contribution in [-0.2, 0) is 6.54 Å². The standard InChI is InChI=1S/C15H22F2N2S/c1-11(2)18-10-12-8-13(16)15(14(17)9-12)19-4-3-6-20-7-5-19/h8-9,11,18H,3-7,10H2,1-2H3. The quantitative estimate of drug-likeness (QED) is 0.917. The van der Waals surface area contributed by atoms with Crippen molar-refractivity contribution in [3.8, 4) is 0 Å². The summed E-state index contributed by atoms with van der Waals surface area (Å²) in [7, 11) is 0. The smallest absolute Gasteiger partial charge is 0.149 e. The minimum absolute atomic E-state index is 0.140. The lowest BCUT2D eigenvalue weighted by molar-refractivity contribution is 0.554. The lowest BCUT2D eigenvalue weighted by Crippen LogP contribution is -2.28. The van der Waals surface area contributed by atoms with Gasteiger partial charge in [-0.3, -0.25) is 0 Å². The molecule has 0 radical (unpaired) electrons. The first-order valence-corrected chi connectivity index (χ1v) is 8.27. The van der Waals surface area contributed by atoms with E-state index in [1.165, 1.54) is 12.1 Å². The van der Waals surface area contributed by atoms with Crippen molar-refractivity contribution in [3.63, 3.8) is 0 Å². The second-order valence-electron chi connectivity index (χ2n) is 5.40. The molecule has 2 rings (SSSR count). The molecule has 5 heteroatoms. The van der Waals surface area contributed by atoms with Crippen LogP contribution in [0.15, 0.2) is 12.1 Å². The lowest BCUT2D eigenvalue weighted by atomic mass is 10.1. The van der Waals surface area contributed by atoms with E-state index in [2.05, 4.69) is 5.32 Å². The zero-order valence-corrected chi connectivity index (χ0v) is 12.9. The van der Waals surface area contributed by atoms with Crippen LogP contribution in [0.1, 0.15) is 25.8 Å². The number of benzene rings is 1. The van der Waals surface area contributed by atoms with Gasteiger partial charge >= 0.3 is 0 Å². The van der Waals surface area contributed by atoms with Gasteiger partial charge in [0.05, 0.1) is 0 Å². The third-order valence-corrected chi connectivity index (χ3v) is 4.38. The van der Waals surface area contributed by atoms with Crippen molar-refractivity contribution in [2.24, 2.45) is 0 Å². The molecule has 1 aliphatic heterocycles. The van der Waals surface area contributed by atoms with Gasteiger partial charge < -0.3 is 10.2 Å². The molecule has 0 atom stereocenters. The number of nitrogens with one attached hydrogen (secondary N) is 1. The Hall–Kier alpha value is -0.810. The van der Waals surface area contributed by atoms with Crippen LogP contribution >= 0.6 is 11.8 Å². The topological polar surface area (TPSA) is 15.3 Å². The average Bonchev–Trinajstić information content (AvgIpc) is 2.64. The number of hydrogen-bond donors (Lipinski definition) is 1. The van der Waals surface area contributed by atoms with E-state index in [-0.39, 0.29) is 5.69 Å². The molecule has 0 bridgehead atoms. The first-order valence-electron chi connectivity index (χ1n) is 7.12. The zero-order chi connectivity index (χ0) is 14.5. The second kappa shape index (κ2) is 7.27. The largest absolute Gasteiger partial charge is 0.366 e. The van der Waals surface area contributed by atoms with E-state index in [9.17, 15) is 8.78 Å². The Morgan fingerprint density at radius 3 is 2.55 bits per heavy atom. The first kappa shape index (κ1) is 15.6. The van der Waals surface area contributed by atoms with Gasteiger partial charge in [0.1, 0.15) is 17.3 Å². The molecule has 1 aliphatic rings. The summed E-state index contributed by atoms with van der Waals surface area (Å²) in [5.74, 6) is 1.10. The van der Waals surface area contributed by atoms with E-state index in [1.807, 2.05) is 30.5 Å². The summed E-state index contributed by atoms with van der Waals surface area (Å²) < 4.78 is 28.5. The van der Waals surface area contributed by atoms with Gasteiger partial charge in [-0.2, -0.15) is 11.8 Å². The van der Waals surface area contributed by atoms with Gasteiger partial charge in [-0.25, -0.2) is 8.78 Å². The molecule has 1 saturated heterocycles. The average molecular weight is 300 g/mol. The van der Waals surface area contributed by atoms with E-state index < -0.39 is 11.6 Å². The molecule has 1 aromatic carbocycles. The van der Waals surface area contributed by atoms with Crippen LogP contribution in [0.2, 0.25) is 0 Å². The summed E-state index contributed by atoms with van der Waals surface area (Å²) in [6, 6.07) is 3.20. The van der Waals surface area contributed by atoms with Gasteiger partial charge in [0, 0.05) is 31.4 Å². The predicted octanol–water partition coefficient (Wildman–Crippen LogP) is 3.41. The second-order valence-corrected chi connectivity index (χ2v) is 6.62. The van der Waals surface area contributed by atoms with E-state index >= 15 is 0 Å². The van der Waals surface area contributed by atoms with Gasteiger partial charge in [-0.1, -0.05) is 13.8 Å². The fourth-order valence-corrected chi connectivity index (χ4v) is 3.20. The molecule has 1 fully saturated rings. The number of thioether (sulfide) groups is 1. The summed E-state index contributed by atoms with van der Waals surface area (Å²) in [6.07, 6.45) is 0.972. The van der Waals surface area contributed by atoms with Crippen LogP contribution in [0.4, 0.5) is 14.5 Å². The van der Waals surface area contributed by atoms with Crippen molar-refractivity contribution in [2.75, 3.05) is 29.5 Å². The Morgan fingerprint density at radius 1 is 1.20 bits per heavy atom. The van der Waals surface area contributed by atoms with Crippen LogP contribution < -0.4 is 10.2 Å². The molecule has 1 N–H and O–H groups in total. The van der Waals surface area contributed by atoms with Crippen molar-refractivity contribution >= 4 is 17.4 Å². The van der Waals surface area contributed by atoms with Crippen molar-refractivity contribution in [2.45, 2.75) is 32.9 Å². The number of halogens is 2. The number of anilines is 1. The van der Waals surface area contributed by atoms with E-state index in [4.69, 9.17) is 0 Å². The predicted molar refractivity (Wildman–Crippen MR) is 82.5 cm³/mol. The Balaban J connectivity index is 2.17. The van der Waals surface area contributed by atoms with E-state index in [0.717, 1.165) is 24.5 Å². The SMILES string of the molecule is CC(C)NCc1cc(F)c(N2CCCSCC2)c(F)c1. The highest BCUT2D eigenvalue weighted by Gasteiger charge is 2.19. The van der Waals surface area contributed by atoms with Crippen LogP contribution in [-0.4, -0.2) is 30.6 Å². The molecule has 1 heterocycles. The van der Waals surface area contributed by atoms with E-state index in [0.29, 0.717) is 24.7 Å². The summed E-state index contributed by atoms with van der Waals surface area (Å²) in [5.41, 5.74) is 0.794. The van der Waals surface area contributed by atoms with Crippen LogP contribution in [0.3, 0.4) is 0 Å². The third kappa shape index (κ3) is 4.09. The molecule has 0 aromatic heterocycles. The molecule has 0 saturated carbocycles. The fraction of sp³-hybridized carbons (Fsp3) is 0.600. The minimum atomic E-state index is -0.447. The first-order chi connectivity index (χ1) is 9.58. The number of hydrogen-bond acceptors (Lipinski definition) is 3. The number of rotatable bonds is 4. The normalized spacial score (nSPS) is 16.6. The Morgan fingerprint density at radius 2 is 1.90 bits per heavy atom. The molecule has 0 unspecified atom stereocenters. The third-order valence-electron chi connectivity index (χ3n) is 3.33. The molecule has 0 amide bonds. The highest BCUT2D eigenvalue weighted by molar-refractivity contribution is 7.99. The molecule has 2 nitrogen and oxygen atoms in total. The van der Waals surface area contributed by atoms with Gasteiger partial charge in [0.15, 0.2) is 0 Å². The maximum atomic E-state index is 14.2. The van der Waals surface area contributed by atoms with Crippen LogP contribution in [0.25, 0.3) is 0 Å². The lowest BCUT2D eigenvalue weighted by Gasteiger charge is -2.24. The fourth-order valence-electron chi connectivity index (χ4n) is 2.31. The van der Waals surface area contributed by atoms with Crippen molar-refractivity contribution in [1.82, 2.24) is 5.32 Å². The maximum Gasteiger partial charge on any atom is 0.149 e. The van der Waals surface area contributed by atoms with Crippen molar-refractivity contribution in [3.05, 3.63) is 29.3 Å². The summed E-state index contributed by atoms with van der Waals surface area (Å²) in [4.78, 5) is 1.84. The molecule has 20 heavy (non-hydrogen) atoms. The van der Waals surface area contributed by atoms with Crippen molar-refractivity contribution < 1.29 is 8.78 Å². The highest BCUT2D eigenvalue weighted by atomic mass is 32.2. The zero-order valence-electron chi connectivity index (χ0n) is 12.1.